The third kappa shape index (κ3) is 4.47. The zero-order valence-corrected chi connectivity index (χ0v) is 14.6. The fourth-order valence-corrected chi connectivity index (χ4v) is 3.21. The molecule has 0 unspecified atom stereocenters. The van der Waals surface area contributed by atoms with Crippen molar-refractivity contribution in [3.63, 3.8) is 0 Å². The van der Waals surface area contributed by atoms with Crippen molar-refractivity contribution in [1.82, 2.24) is 9.80 Å². The van der Waals surface area contributed by atoms with Crippen LogP contribution >= 0.6 is 0 Å². The van der Waals surface area contributed by atoms with E-state index in [4.69, 9.17) is 0 Å². The minimum atomic E-state index is 0.0887. The molecule has 0 saturated carbocycles. The van der Waals surface area contributed by atoms with E-state index in [9.17, 15) is 9.59 Å². The number of nitrogens with zero attached hydrogens (tertiary/aromatic N) is 2. The zero-order valence-electron chi connectivity index (χ0n) is 14.6. The average molecular weight is 336 g/mol. The van der Waals surface area contributed by atoms with Crippen molar-refractivity contribution < 1.29 is 9.59 Å². The van der Waals surface area contributed by atoms with Crippen molar-refractivity contribution in [2.75, 3.05) is 26.2 Å². The second-order valence-electron chi connectivity index (χ2n) is 6.48. The van der Waals surface area contributed by atoms with E-state index in [0.717, 1.165) is 30.6 Å². The molecule has 1 aliphatic heterocycles. The van der Waals surface area contributed by atoms with Gasteiger partial charge in [-0.2, -0.15) is 0 Å². The van der Waals surface area contributed by atoms with E-state index in [2.05, 4.69) is 24.3 Å². The largest absolute Gasteiger partial charge is 0.341 e. The van der Waals surface area contributed by atoms with Gasteiger partial charge in [0.1, 0.15) is 0 Å². The van der Waals surface area contributed by atoms with Crippen molar-refractivity contribution in [1.29, 1.82) is 0 Å². The maximum absolute atomic E-state index is 12.6. The van der Waals surface area contributed by atoms with Gasteiger partial charge in [0.05, 0.1) is 6.42 Å². The molecule has 0 bridgehead atoms. The molecule has 130 valence electrons. The summed E-state index contributed by atoms with van der Waals surface area (Å²) >= 11 is 0. The predicted octanol–water partition coefficient (Wildman–Crippen LogP) is 2.98. The predicted molar refractivity (Wildman–Crippen MR) is 99.0 cm³/mol. The molecule has 0 aromatic heterocycles. The third-order valence-corrected chi connectivity index (χ3v) is 4.71. The molecule has 1 heterocycles. The summed E-state index contributed by atoms with van der Waals surface area (Å²) in [5.74, 6) is 0.226. The van der Waals surface area contributed by atoms with Gasteiger partial charge in [-0.1, -0.05) is 54.6 Å². The molecule has 0 N–H and O–H groups in total. The molecule has 2 amide bonds. The molecule has 2 aromatic carbocycles. The minimum absolute atomic E-state index is 0.0887. The second-order valence-corrected chi connectivity index (χ2v) is 6.48. The maximum atomic E-state index is 12.6. The number of rotatable bonds is 3. The van der Waals surface area contributed by atoms with Gasteiger partial charge in [0.2, 0.25) is 11.8 Å². The molecule has 0 spiro atoms. The summed E-state index contributed by atoms with van der Waals surface area (Å²) in [7, 11) is 0. The second kappa shape index (κ2) is 7.97. The number of benzene rings is 2. The number of hydrogen-bond acceptors (Lipinski definition) is 2. The molecule has 1 saturated heterocycles. The van der Waals surface area contributed by atoms with E-state index in [1.165, 1.54) is 5.56 Å². The van der Waals surface area contributed by atoms with Crippen molar-refractivity contribution in [2.45, 2.75) is 19.8 Å². The molecular weight excluding hydrogens is 312 g/mol. The Balaban J connectivity index is 1.60. The quantitative estimate of drug-likeness (QED) is 0.864. The molecule has 4 nitrogen and oxygen atoms in total. The van der Waals surface area contributed by atoms with Crippen molar-refractivity contribution in [2.24, 2.45) is 0 Å². The van der Waals surface area contributed by atoms with Crippen molar-refractivity contribution in [3.05, 3.63) is 60.2 Å². The summed E-state index contributed by atoms with van der Waals surface area (Å²) in [6.45, 7) is 4.32. The Labute approximate surface area is 149 Å². The number of amides is 2. The fourth-order valence-electron chi connectivity index (χ4n) is 3.21. The Kier molecular flexibility index (Phi) is 5.49. The molecule has 0 radical (unpaired) electrons. The lowest BCUT2D eigenvalue weighted by molar-refractivity contribution is -0.132. The van der Waals surface area contributed by atoms with Crippen molar-refractivity contribution in [3.8, 4) is 11.1 Å². The van der Waals surface area contributed by atoms with Gasteiger partial charge in [-0.15, -0.1) is 0 Å². The number of carbonyl (C=O) groups excluding carboxylic acids is 2. The summed E-state index contributed by atoms with van der Waals surface area (Å²) in [5, 5.41) is 0. The van der Waals surface area contributed by atoms with Crippen LogP contribution in [0.3, 0.4) is 0 Å². The Morgan fingerprint density at radius 1 is 0.800 bits per heavy atom. The van der Waals surface area contributed by atoms with Crippen LogP contribution in [-0.4, -0.2) is 47.8 Å². The minimum Gasteiger partial charge on any atom is -0.341 e. The molecule has 2 aromatic rings. The lowest BCUT2D eigenvalue weighted by atomic mass is 10.0. The van der Waals surface area contributed by atoms with E-state index in [-0.39, 0.29) is 11.8 Å². The van der Waals surface area contributed by atoms with Gasteiger partial charge in [-0.25, -0.2) is 0 Å². The lowest BCUT2D eigenvalue weighted by Gasteiger charge is -2.21. The van der Waals surface area contributed by atoms with Crippen LogP contribution in [0.1, 0.15) is 18.9 Å². The van der Waals surface area contributed by atoms with Crippen LogP contribution in [0.15, 0.2) is 54.6 Å². The topological polar surface area (TPSA) is 40.6 Å². The van der Waals surface area contributed by atoms with Crippen LogP contribution in [0.2, 0.25) is 0 Å². The van der Waals surface area contributed by atoms with Crippen LogP contribution in [0, 0.1) is 0 Å². The van der Waals surface area contributed by atoms with Gasteiger partial charge >= 0.3 is 0 Å². The first-order chi connectivity index (χ1) is 12.1. The lowest BCUT2D eigenvalue weighted by Crippen LogP contribution is -2.37. The van der Waals surface area contributed by atoms with E-state index >= 15 is 0 Å². The highest BCUT2D eigenvalue weighted by atomic mass is 16.2. The Morgan fingerprint density at radius 3 is 2.08 bits per heavy atom. The zero-order chi connectivity index (χ0) is 17.6. The van der Waals surface area contributed by atoms with Gasteiger partial charge in [-0.3, -0.25) is 9.59 Å². The van der Waals surface area contributed by atoms with Gasteiger partial charge < -0.3 is 9.80 Å². The van der Waals surface area contributed by atoms with Crippen LogP contribution < -0.4 is 0 Å². The highest BCUT2D eigenvalue weighted by molar-refractivity contribution is 5.79. The van der Waals surface area contributed by atoms with E-state index < -0.39 is 0 Å². The van der Waals surface area contributed by atoms with Gasteiger partial charge in [0.25, 0.3) is 0 Å². The number of carbonyl (C=O) groups is 2. The first-order valence-corrected chi connectivity index (χ1v) is 8.81. The molecule has 0 atom stereocenters. The maximum Gasteiger partial charge on any atom is 0.227 e. The van der Waals surface area contributed by atoms with E-state index in [0.29, 0.717) is 19.5 Å². The highest BCUT2D eigenvalue weighted by Crippen LogP contribution is 2.19. The van der Waals surface area contributed by atoms with Gasteiger partial charge in [-0.05, 0) is 23.1 Å². The molecule has 0 aliphatic carbocycles. The first-order valence-electron chi connectivity index (χ1n) is 8.81. The molecule has 3 rings (SSSR count). The van der Waals surface area contributed by atoms with Crippen LogP contribution in [0.4, 0.5) is 0 Å². The monoisotopic (exact) mass is 336 g/mol. The summed E-state index contributed by atoms with van der Waals surface area (Å²) in [6.07, 6.45) is 1.26. The van der Waals surface area contributed by atoms with E-state index in [1.54, 1.807) is 6.92 Å². The van der Waals surface area contributed by atoms with Gasteiger partial charge in [0.15, 0.2) is 0 Å². The molecular formula is C21H24N2O2. The Morgan fingerprint density at radius 2 is 1.40 bits per heavy atom. The highest BCUT2D eigenvalue weighted by Gasteiger charge is 2.20. The smallest absolute Gasteiger partial charge is 0.227 e. The Hall–Kier alpha value is -2.62. The van der Waals surface area contributed by atoms with Crippen LogP contribution in [0.5, 0.6) is 0 Å². The Bertz CT molecular complexity index is 725. The van der Waals surface area contributed by atoms with Gasteiger partial charge in [0, 0.05) is 33.1 Å². The third-order valence-electron chi connectivity index (χ3n) is 4.71. The standard InChI is InChI=1S/C21H24N2O2/c1-17(24)22-12-5-13-23(15-14-22)21(25)16-18-8-10-20(11-9-18)19-6-3-2-4-7-19/h2-4,6-11H,5,12-16H2,1H3. The molecule has 1 aliphatic rings. The normalized spacial score (nSPS) is 14.9. The molecule has 25 heavy (non-hydrogen) atoms. The summed E-state index contributed by atoms with van der Waals surface area (Å²) in [6, 6.07) is 18.4. The molecule has 4 heteroatoms. The summed E-state index contributed by atoms with van der Waals surface area (Å²) in [4.78, 5) is 27.8. The first kappa shape index (κ1) is 17.2. The SMILES string of the molecule is CC(=O)N1CCCN(C(=O)Cc2ccc(-c3ccccc3)cc2)CC1. The fraction of sp³-hybridized carbons (Fsp3) is 0.333. The molecule has 1 fully saturated rings. The van der Waals surface area contributed by atoms with E-state index in [1.807, 2.05) is 40.1 Å². The van der Waals surface area contributed by atoms with Crippen LogP contribution in [-0.2, 0) is 16.0 Å². The number of hydrogen-bond donors (Lipinski definition) is 0. The van der Waals surface area contributed by atoms with Crippen LogP contribution in [0.25, 0.3) is 11.1 Å². The summed E-state index contributed by atoms with van der Waals surface area (Å²) < 4.78 is 0. The summed E-state index contributed by atoms with van der Waals surface area (Å²) in [5.41, 5.74) is 3.36. The van der Waals surface area contributed by atoms with Crippen molar-refractivity contribution >= 4 is 11.8 Å². The average Bonchev–Trinajstić information content (AvgIpc) is 2.89.